The van der Waals surface area contributed by atoms with Crippen molar-refractivity contribution in [2.45, 2.75) is 20.1 Å². The Balaban J connectivity index is 1.54. The first-order valence-electron chi connectivity index (χ1n) is 10.3. The molecule has 0 aliphatic carbocycles. The van der Waals surface area contributed by atoms with Crippen molar-refractivity contribution in [3.05, 3.63) is 98.9 Å². The van der Waals surface area contributed by atoms with Crippen molar-refractivity contribution in [1.82, 2.24) is 4.90 Å². The Bertz CT molecular complexity index is 1230. The number of nitrogens with zero attached hydrogens (tertiary/aromatic N) is 1. The van der Waals surface area contributed by atoms with E-state index in [1.54, 1.807) is 18.2 Å². The van der Waals surface area contributed by atoms with Gasteiger partial charge < -0.3 is 9.47 Å². The normalized spacial score (nSPS) is 14.8. The maximum Gasteiger partial charge on any atom is 0.293 e. The van der Waals surface area contributed by atoms with Crippen LogP contribution in [0.1, 0.15) is 22.3 Å². The summed E-state index contributed by atoms with van der Waals surface area (Å²) < 4.78 is 11.4. The summed E-state index contributed by atoms with van der Waals surface area (Å²) in [5, 5.41) is 0.0612. The number of carbonyl (C=O) groups is 2. The summed E-state index contributed by atoms with van der Waals surface area (Å²) >= 11 is 7.40. The van der Waals surface area contributed by atoms with Gasteiger partial charge in [0.2, 0.25) is 0 Å². The fourth-order valence-corrected chi connectivity index (χ4v) is 4.55. The summed E-state index contributed by atoms with van der Waals surface area (Å²) in [5.41, 5.74) is 3.61. The zero-order valence-electron chi connectivity index (χ0n) is 18.2. The number of benzene rings is 3. The van der Waals surface area contributed by atoms with Gasteiger partial charge in [-0.2, -0.15) is 0 Å². The van der Waals surface area contributed by atoms with Crippen molar-refractivity contribution in [1.29, 1.82) is 0 Å². The largest absolute Gasteiger partial charge is 0.493 e. The molecule has 2 amide bonds. The van der Waals surface area contributed by atoms with Gasteiger partial charge in [-0.05, 0) is 59.1 Å². The maximum absolute atomic E-state index is 12.9. The van der Waals surface area contributed by atoms with Crippen LogP contribution in [0, 0.1) is 6.92 Å². The van der Waals surface area contributed by atoms with Gasteiger partial charge >= 0.3 is 0 Å². The molecule has 0 aromatic heterocycles. The van der Waals surface area contributed by atoms with Crippen molar-refractivity contribution in [3.63, 3.8) is 0 Å². The first-order chi connectivity index (χ1) is 16.0. The maximum atomic E-state index is 12.9. The van der Waals surface area contributed by atoms with Gasteiger partial charge in [0.1, 0.15) is 6.61 Å². The van der Waals surface area contributed by atoms with Crippen LogP contribution >= 0.6 is 23.4 Å². The molecule has 0 bridgehead atoms. The monoisotopic (exact) mass is 479 g/mol. The molecule has 0 saturated carbocycles. The smallest absolute Gasteiger partial charge is 0.293 e. The van der Waals surface area contributed by atoms with Crippen LogP contribution in [0.2, 0.25) is 5.02 Å². The predicted molar refractivity (Wildman–Crippen MR) is 131 cm³/mol. The lowest BCUT2D eigenvalue weighted by Crippen LogP contribution is -2.27. The Labute approximate surface area is 202 Å². The molecule has 1 fully saturated rings. The highest BCUT2D eigenvalue weighted by Gasteiger charge is 2.35. The van der Waals surface area contributed by atoms with E-state index >= 15 is 0 Å². The fourth-order valence-electron chi connectivity index (χ4n) is 3.44. The molecule has 7 heteroatoms. The molecule has 1 aliphatic heterocycles. The molecule has 3 aromatic rings. The number of hydrogen-bond donors (Lipinski definition) is 0. The van der Waals surface area contributed by atoms with Crippen LogP contribution in [0.3, 0.4) is 0 Å². The molecule has 0 spiro atoms. The van der Waals surface area contributed by atoms with Crippen molar-refractivity contribution in [2.24, 2.45) is 0 Å². The van der Waals surface area contributed by atoms with Crippen LogP contribution in [-0.2, 0) is 17.9 Å². The van der Waals surface area contributed by atoms with Crippen LogP contribution in [0.5, 0.6) is 11.5 Å². The third kappa shape index (κ3) is 5.24. The zero-order chi connectivity index (χ0) is 23.4. The van der Waals surface area contributed by atoms with Gasteiger partial charge in [0.15, 0.2) is 11.5 Å². The van der Waals surface area contributed by atoms with Gasteiger partial charge in [-0.25, -0.2) is 0 Å². The van der Waals surface area contributed by atoms with Crippen LogP contribution in [0.25, 0.3) is 6.08 Å². The van der Waals surface area contributed by atoms with Gasteiger partial charge in [0.05, 0.1) is 23.6 Å². The molecule has 0 unspecified atom stereocenters. The Kier molecular flexibility index (Phi) is 7.06. The number of rotatable bonds is 7. The van der Waals surface area contributed by atoms with E-state index in [4.69, 9.17) is 21.1 Å². The third-order valence-corrected chi connectivity index (χ3v) is 6.43. The lowest BCUT2D eigenvalue weighted by molar-refractivity contribution is -0.123. The molecule has 1 heterocycles. The molecule has 0 atom stereocenters. The van der Waals surface area contributed by atoms with E-state index in [1.807, 2.05) is 61.5 Å². The molecule has 4 rings (SSSR count). The van der Waals surface area contributed by atoms with Crippen LogP contribution < -0.4 is 9.47 Å². The molecule has 1 saturated heterocycles. The molecular weight excluding hydrogens is 458 g/mol. The number of amides is 2. The molecule has 5 nitrogen and oxygen atoms in total. The highest BCUT2D eigenvalue weighted by molar-refractivity contribution is 8.18. The minimum Gasteiger partial charge on any atom is -0.493 e. The highest BCUT2D eigenvalue weighted by atomic mass is 35.5. The molecule has 33 heavy (non-hydrogen) atoms. The minimum absolute atomic E-state index is 0.241. The SMILES string of the molecule is COc1cc(/C=C2\SC(=O)N(Cc3ccccc3C)C2=O)cc(Cl)c1OCc1ccccc1. The average molecular weight is 480 g/mol. The van der Waals surface area contributed by atoms with Crippen molar-refractivity contribution < 1.29 is 19.1 Å². The average Bonchev–Trinajstić information content (AvgIpc) is 3.07. The van der Waals surface area contributed by atoms with Crippen LogP contribution in [-0.4, -0.2) is 23.2 Å². The molecule has 0 N–H and O–H groups in total. The van der Waals surface area contributed by atoms with E-state index < -0.39 is 0 Å². The lowest BCUT2D eigenvalue weighted by atomic mass is 10.1. The Hall–Kier alpha value is -3.22. The fraction of sp³-hybridized carbons (Fsp3) is 0.154. The number of ether oxygens (including phenoxy) is 2. The topological polar surface area (TPSA) is 55.8 Å². The van der Waals surface area contributed by atoms with Crippen molar-refractivity contribution >= 4 is 40.6 Å². The Morgan fingerprint density at radius 2 is 1.76 bits per heavy atom. The van der Waals surface area contributed by atoms with E-state index in [0.29, 0.717) is 33.6 Å². The minimum atomic E-state index is -0.326. The molecule has 1 aliphatic rings. The summed E-state index contributed by atoms with van der Waals surface area (Å²) in [5.74, 6) is 0.546. The summed E-state index contributed by atoms with van der Waals surface area (Å²) in [4.78, 5) is 27.0. The predicted octanol–water partition coefficient (Wildman–Crippen LogP) is 6.47. The third-order valence-electron chi connectivity index (χ3n) is 5.24. The number of aryl methyl sites for hydroxylation is 1. The Morgan fingerprint density at radius 1 is 1.03 bits per heavy atom. The second-order valence-corrected chi connectivity index (χ2v) is 8.90. The number of thioether (sulfide) groups is 1. The highest BCUT2D eigenvalue weighted by Crippen LogP contribution is 2.39. The van der Waals surface area contributed by atoms with Gasteiger partial charge in [-0.15, -0.1) is 0 Å². The molecule has 3 aromatic carbocycles. The van der Waals surface area contributed by atoms with E-state index in [-0.39, 0.29) is 17.7 Å². The quantitative estimate of drug-likeness (QED) is 0.363. The number of hydrogen-bond acceptors (Lipinski definition) is 5. The van der Waals surface area contributed by atoms with Gasteiger partial charge in [0, 0.05) is 0 Å². The van der Waals surface area contributed by atoms with Gasteiger partial charge in [-0.1, -0.05) is 66.2 Å². The number of methoxy groups -OCH3 is 1. The van der Waals surface area contributed by atoms with E-state index in [9.17, 15) is 9.59 Å². The summed E-state index contributed by atoms with van der Waals surface area (Å²) in [6.07, 6.45) is 1.65. The number of carbonyl (C=O) groups excluding carboxylic acids is 2. The van der Waals surface area contributed by atoms with Crippen molar-refractivity contribution in [3.8, 4) is 11.5 Å². The first-order valence-corrected chi connectivity index (χ1v) is 11.5. The zero-order valence-corrected chi connectivity index (χ0v) is 19.8. The van der Waals surface area contributed by atoms with Crippen LogP contribution in [0.4, 0.5) is 4.79 Å². The van der Waals surface area contributed by atoms with Crippen molar-refractivity contribution in [2.75, 3.05) is 7.11 Å². The Morgan fingerprint density at radius 3 is 2.48 bits per heavy atom. The first kappa shape index (κ1) is 23.0. The summed E-state index contributed by atoms with van der Waals surface area (Å²) in [6.45, 7) is 2.54. The number of halogens is 1. The second-order valence-electron chi connectivity index (χ2n) is 7.50. The van der Waals surface area contributed by atoms with Gasteiger partial charge in [-0.3, -0.25) is 14.5 Å². The van der Waals surface area contributed by atoms with E-state index in [0.717, 1.165) is 28.5 Å². The van der Waals surface area contributed by atoms with E-state index in [1.165, 1.54) is 12.0 Å². The molecule has 168 valence electrons. The van der Waals surface area contributed by atoms with Crippen LogP contribution in [0.15, 0.2) is 71.6 Å². The standard InChI is InChI=1S/C26H22ClNO4S/c1-17-8-6-7-11-20(17)15-28-25(29)23(33-26(28)30)14-19-12-21(27)24(22(13-19)31-2)32-16-18-9-4-3-5-10-18/h3-14H,15-16H2,1-2H3/b23-14-. The second kappa shape index (κ2) is 10.1. The van der Waals surface area contributed by atoms with E-state index in [2.05, 4.69) is 0 Å². The van der Waals surface area contributed by atoms with Gasteiger partial charge in [0.25, 0.3) is 11.1 Å². The summed E-state index contributed by atoms with van der Waals surface area (Å²) in [6, 6.07) is 20.9. The molecular formula is C26H22ClNO4S. The lowest BCUT2D eigenvalue weighted by Gasteiger charge is -2.14. The summed E-state index contributed by atoms with van der Waals surface area (Å²) in [7, 11) is 1.53. The number of imide groups is 1. The molecule has 0 radical (unpaired) electrons.